The number of aromatic nitrogens is 2. The number of aromatic carboxylic acids is 1. The average molecular weight is 306 g/mol. The molecule has 1 aromatic carbocycles. The normalized spacial score (nSPS) is 10.1. The maximum absolute atomic E-state index is 11.9. The Morgan fingerprint density at radius 1 is 1.10 bits per heavy atom. The van der Waals surface area contributed by atoms with E-state index in [0.717, 1.165) is 5.56 Å². The van der Waals surface area contributed by atoms with Crippen molar-refractivity contribution >= 4 is 23.5 Å². The van der Waals surface area contributed by atoms with Crippen molar-refractivity contribution in [3.05, 3.63) is 58.6 Å². The first-order chi connectivity index (χ1) is 10.1. The molecule has 2 N–H and O–H groups in total. The molecule has 1 aromatic heterocycles. The molecule has 2 aromatic rings. The van der Waals surface area contributed by atoms with Crippen LogP contribution in [0.25, 0.3) is 0 Å². The van der Waals surface area contributed by atoms with E-state index in [2.05, 4.69) is 15.3 Å². The topological polar surface area (TPSA) is 92.2 Å². The summed E-state index contributed by atoms with van der Waals surface area (Å²) >= 11 is 5.78. The second kappa shape index (κ2) is 6.81. The molecule has 1 heterocycles. The Kier molecular flexibility index (Phi) is 4.84. The van der Waals surface area contributed by atoms with Crippen LogP contribution in [0.1, 0.15) is 26.5 Å². The third kappa shape index (κ3) is 4.00. The smallest absolute Gasteiger partial charge is 0.356 e. The van der Waals surface area contributed by atoms with Crippen LogP contribution in [0.3, 0.4) is 0 Å². The maximum Gasteiger partial charge on any atom is 0.356 e. The van der Waals surface area contributed by atoms with Gasteiger partial charge in [0.1, 0.15) is 0 Å². The van der Waals surface area contributed by atoms with E-state index in [-0.39, 0.29) is 11.4 Å². The van der Waals surface area contributed by atoms with Gasteiger partial charge in [0.2, 0.25) is 0 Å². The molecule has 0 spiro atoms. The zero-order chi connectivity index (χ0) is 15.2. The molecule has 108 valence electrons. The molecule has 0 atom stereocenters. The first-order valence-electron chi connectivity index (χ1n) is 6.15. The van der Waals surface area contributed by atoms with Crippen molar-refractivity contribution in [1.82, 2.24) is 15.3 Å². The number of hydrogen-bond acceptors (Lipinski definition) is 4. The Labute approximate surface area is 125 Å². The fourth-order valence-corrected chi connectivity index (χ4v) is 1.84. The lowest BCUT2D eigenvalue weighted by atomic mass is 10.1. The van der Waals surface area contributed by atoms with Crippen LogP contribution in [-0.4, -0.2) is 33.5 Å². The number of benzene rings is 1. The predicted octanol–water partition coefficient (Wildman–Crippen LogP) is 1.80. The van der Waals surface area contributed by atoms with Gasteiger partial charge in [0.15, 0.2) is 11.4 Å². The van der Waals surface area contributed by atoms with E-state index in [1.807, 2.05) is 12.1 Å². The summed E-state index contributed by atoms with van der Waals surface area (Å²) in [5.41, 5.74) is 0.458. The number of halogens is 1. The van der Waals surface area contributed by atoms with Crippen LogP contribution in [0.2, 0.25) is 5.02 Å². The molecule has 0 aliphatic heterocycles. The van der Waals surface area contributed by atoms with E-state index in [1.165, 1.54) is 12.4 Å². The number of amides is 1. The molecule has 1 amide bonds. The number of nitrogens with zero attached hydrogens (tertiary/aromatic N) is 2. The molecule has 0 unspecified atom stereocenters. The van der Waals surface area contributed by atoms with E-state index >= 15 is 0 Å². The van der Waals surface area contributed by atoms with Gasteiger partial charge in [-0.1, -0.05) is 23.7 Å². The largest absolute Gasteiger partial charge is 0.476 e. The minimum absolute atomic E-state index is 0.193. The Morgan fingerprint density at radius 2 is 1.71 bits per heavy atom. The number of carboxylic acid groups (broad SMARTS) is 1. The van der Waals surface area contributed by atoms with Crippen LogP contribution in [0.5, 0.6) is 0 Å². The molecule has 6 nitrogen and oxygen atoms in total. The Bertz CT molecular complexity index is 659. The molecule has 21 heavy (non-hydrogen) atoms. The molecule has 0 saturated heterocycles. The summed E-state index contributed by atoms with van der Waals surface area (Å²) in [4.78, 5) is 30.3. The van der Waals surface area contributed by atoms with Crippen molar-refractivity contribution < 1.29 is 14.7 Å². The van der Waals surface area contributed by atoms with Crippen LogP contribution in [-0.2, 0) is 6.42 Å². The van der Waals surface area contributed by atoms with Gasteiger partial charge in [-0.15, -0.1) is 0 Å². The molecule has 0 saturated carbocycles. The second-order valence-electron chi connectivity index (χ2n) is 4.19. The van der Waals surface area contributed by atoms with Crippen LogP contribution >= 0.6 is 11.6 Å². The Balaban J connectivity index is 1.96. The van der Waals surface area contributed by atoms with Gasteiger partial charge in [-0.3, -0.25) is 4.79 Å². The van der Waals surface area contributed by atoms with Crippen molar-refractivity contribution in [3.8, 4) is 0 Å². The highest BCUT2D eigenvalue weighted by atomic mass is 35.5. The van der Waals surface area contributed by atoms with Crippen molar-refractivity contribution in [2.24, 2.45) is 0 Å². The lowest BCUT2D eigenvalue weighted by molar-refractivity contribution is 0.0683. The van der Waals surface area contributed by atoms with Gasteiger partial charge in [0.05, 0.1) is 0 Å². The van der Waals surface area contributed by atoms with Gasteiger partial charge in [-0.05, 0) is 24.1 Å². The standard InChI is InChI=1S/C14H12ClN3O3/c15-10-3-1-9(2-4-10)5-6-18-13(19)11-12(14(20)21)17-8-7-16-11/h1-4,7-8H,5-6H2,(H,18,19)(H,20,21). The van der Waals surface area contributed by atoms with Crippen molar-refractivity contribution in [3.63, 3.8) is 0 Å². The molecule has 2 rings (SSSR count). The van der Waals surface area contributed by atoms with Crippen molar-refractivity contribution in [1.29, 1.82) is 0 Å². The van der Waals surface area contributed by atoms with Crippen molar-refractivity contribution in [2.45, 2.75) is 6.42 Å². The van der Waals surface area contributed by atoms with Crippen LogP contribution in [0.15, 0.2) is 36.7 Å². The highest BCUT2D eigenvalue weighted by Crippen LogP contribution is 2.09. The molecule has 0 radical (unpaired) electrons. The number of nitrogens with one attached hydrogen (secondary N) is 1. The summed E-state index contributed by atoms with van der Waals surface area (Å²) in [6, 6.07) is 7.26. The summed E-state index contributed by atoms with van der Waals surface area (Å²) in [5.74, 6) is -1.85. The van der Waals surface area contributed by atoms with Crippen LogP contribution in [0, 0.1) is 0 Å². The Morgan fingerprint density at radius 3 is 2.33 bits per heavy atom. The number of hydrogen-bond donors (Lipinski definition) is 2. The summed E-state index contributed by atoms with van der Waals surface area (Å²) in [6.45, 7) is 0.357. The monoisotopic (exact) mass is 305 g/mol. The van der Waals surface area contributed by atoms with E-state index in [4.69, 9.17) is 16.7 Å². The molecule has 0 fully saturated rings. The molecule has 0 aliphatic carbocycles. The molecule has 0 aliphatic rings. The summed E-state index contributed by atoms with van der Waals surface area (Å²) < 4.78 is 0. The molecular formula is C14H12ClN3O3. The quantitative estimate of drug-likeness (QED) is 0.878. The second-order valence-corrected chi connectivity index (χ2v) is 4.63. The number of carbonyl (C=O) groups is 2. The van der Waals surface area contributed by atoms with Gasteiger partial charge in [-0.2, -0.15) is 0 Å². The minimum atomic E-state index is -1.29. The summed E-state index contributed by atoms with van der Waals surface area (Å²) in [7, 11) is 0. The van der Waals surface area contributed by atoms with Gasteiger partial charge in [-0.25, -0.2) is 14.8 Å². The third-order valence-corrected chi connectivity index (χ3v) is 2.98. The predicted molar refractivity (Wildman–Crippen MR) is 76.5 cm³/mol. The minimum Gasteiger partial charge on any atom is -0.476 e. The lowest BCUT2D eigenvalue weighted by Crippen LogP contribution is -2.28. The van der Waals surface area contributed by atoms with E-state index < -0.39 is 11.9 Å². The Hall–Kier alpha value is -2.47. The third-order valence-electron chi connectivity index (χ3n) is 2.73. The maximum atomic E-state index is 11.9. The molecular weight excluding hydrogens is 294 g/mol. The first kappa shape index (κ1) is 14.9. The number of rotatable bonds is 5. The lowest BCUT2D eigenvalue weighted by Gasteiger charge is -2.06. The number of carboxylic acids is 1. The fraction of sp³-hybridized carbons (Fsp3) is 0.143. The average Bonchev–Trinajstić information content (AvgIpc) is 2.49. The van der Waals surface area contributed by atoms with Gasteiger partial charge >= 0.3 is 5.97 Å². The zero-order valence-electron chi connectivity index (χ0n) is 10.9. The molecule has 7 heteroatoms. The van der Waals surface area contributed by atoms with E-state index in [0.29, 0.717) is 18.0 Å². The summed E-state index contributed by atoms with van der Waals surface area (Å²) in [5, 5.41) is 12.2. The SMILES string of the molecule is O=C(O)c1nccnc1C(=O)NCCc1ccc(Cl)cc1. The van der Waals surface area contributed by atoms with E-state index in [9.17, 15) is 9.59 Å². The summed E-state index contributed by atoms with van der Waals surface area (Å²) in [6.07, 6.45) is 3.11. The fourth-order valence-electron chi connectivity index (χ4n) is 1.72. The molecule has 0 bridgehead atoms. The van der Waals surface area contributed by atoms with E-state index in [1.54, 1.807) is 12.1 Å². The first-order valence-corrected chi connectivity index (χ1v) is 6.52. The highest BCUT2D eigenvalue weighted by molar-refractivity contribution is 6.30. The van der Waals surface area contributed by atoms with Crippen LogP contribution in [0.4, 0.5) is 0 Å². The highest BCUT2D eigenvalue weighted by Gasteiger charge is 2.18. The number of carbonyl (C=O) groups excluding carboxylic acids is 1. The zero-order valence-corrected chi connectivity index (χ0v) is 11.7. The van der Waals surface area contributed by atoms with Gasteiger partial charge in [0.25, 0.3) is 5.91 Å². The van der Waals surface area contributed by atoms with Crippen LogP contribution < -0.4 is 5.32 Å². The van der Waals surface area contributed by atoms with Gasteiger partial charge in [0, 0.05) is 24.0 Å². The van der Waals surface area contributed by atoms with Crippen molar-refractivity contribution in [2.75, 3.05) is 6.54 Å². The van der Waals surface area contributed by atoms with Gasteiger partial charge < -0.3 is 10.4 Å².